The van der Waals surface area contributed by atoms with Crippen LogP contribution in [0, 0.1) is 0 Å². The van der Waals surface area contributed by atoms with Crippen LogP contribution in [-0.4, -0.2) is 33.7 Å². The van der Waals surface area contributed by atoms with E-state index in [2.05, 4.69) is 10.0 Å². The lowest BCUT2D eigenvalue weighted by molar-refractivity contribution is 0.234. The maximum absolute atomic E-state index is 12.3. The topological polar surface area (TPSA) is 67.4 Å². The molecule has 1 heterocycles. The molecule has 1 aliphatic rings. The van der Waals surface area contributed by atoms with Crippen LogP contribution in [0.1, 0.15) is 33.1 Å². The number of piperidine rings is 1. The Labute approximate surface area is 127 Å². The summed E-state index contributed by atoms with van der Waals surface area (Å²) >= 11 is 0. The first kappa shape index (κ1) is 16.3. The molecule has 6 heteroatoms. The molecule has 2 N–H and O–H groups in total. The van der Waals surface area contributed by atoms with Crippen molar-refractivity contribution in [2.75, 3.05) is 13.2 Å². The van der Waals surface area contributed by atoms with Crippen molar-refractivity contribution in [2.24, 2.45) is 0 Å². The molecule has 21 heavy (non-hydrogen) atoms. The zero-order valence-corrected chi connectivity index (χ0v) is 13.4. The van der Waals surface area contributed by atoms with Gasteiger partial charge in [-0.3, -0.25) is 0 Å². The number of hydrogen-bond donors (Lipinski definition) is 2. The molecule has 1 fully saturated rings. The van der Waals surface area contributed by atoms with Gasteiger partial charge in [0.25, 0.3) is 0 Å². The summed E-state index contributed by atoms with van der Waals surface area (Å²) in [5.74, 6) is 0.415. The highest BCUT2D eigenvalue weighted by Gasteiger charge is 2.21. The first-order chi connectivity index (χ1) is 9.99. The summed E-state index contributed by atoms with van der Waals surface area (Å²) in [5.41, 5.74) is 0. The van der Waals surface area contributed by atoms with E-state index in [1.54, 1.807) is 38.1 Å². The van der Waals surface area contributed by atoms with Gasteiger partial charge in [0.15, 0.2) is 0 Å². The standard InChI is InChI=1S/C15H24N2O3S/c1-12(2)17-21(18,19)15-9-4-3-8-14(15)20-11-13-7-5-6-10-16-13/h3-4,8-9,12-13,16-17H,5-7,10-11H2,1-2H3. The highest BCUT2D eigenvalue weighted by Crippen LogP contribution is 2.24. The molecule has 118 valence electrons. The van der Waals surface area contributed by atoms with E-state index >= 15 is 0 Å². The van der Waals surface area contributed by atoms with Crippen molar-refractivity contribution in [1.82, 2.24) is 10.0 Å². The summed E-state index contributed by atoms with van der Waals surface area (Å²) in [4.78, 5) is 0.203. The molecule has 0 spiro atoms. The smallest absolute Gasteiger partial charge is 0.244 e. The summed E-state index contributed by atoms with van der Waals surface area (Å²) in [6.45, 7) is 5.09. The first-order valence-electron chi connectivity index (χ1n) is 7.46. The molecular weight excluding hydrogens is 288 g/mol. The second kappa shape index (κ2) is 7.24. The van der Waals surface area contributed by atoms with Crippen LogP contribution < -0.4 is 14.8 Å². The summed E-state index contributed by atoms with van der Waals surface area (Å²) < 4.78 is 33.0. The number of rotatable bonds is 6. The first-order valence-corrected chi connectivity index (χ1v) is 8.95. The van der Waals surface area contributed by atoms with Crippen molar-refractivity contribution in [2.45, 2.75) is 50.1 Å². The number of benzene rings is 1. The summed E-state index contributed by atoms with van der Waals surface area (Å²) in [6, 6.07) is 6.93. The molecule has 0 saturated carbocycles. The van der Waals surface area contributed by atoms with E-state index in [1.165, 1.54) is 12.8 Å². The second-order valence-electron chi connectivity index (χ2n) is 5.68. The van der Waals surface area contributed by atoms with Crippen LogP contribution in [0.15, 0.2) is 29.2 Å². The Balaban J connectivity index is 2.09. The van der Waals surface area contributed by atoms with Crippen LogP contribution in [0.3, 0.4) is 0 Å². The highest BCUT2D eigenvalue weighted by molar-refractivity contribution is 7.89. The SMILES string of the molecule is CC(C)NS(=O)(=O)c1ccccc1OCC1CCCCN1. The second-order valence-corrected chi connectivity index (χ2v) is 7.36. The van der Waals surface area contributed by atoms with Gasteiger partial charge in [0.1, 0.15) is 17.3 Å². The van der Waals surface area contributed by atoms with E-state index in [9.17, 15) is 8.42 Å². The van der Waals surface area contributed by atoms with E-state index in [0.29, 0.717) is 18.4 Å². The van der Waals surface area contributed by atoms with Gasteiger partial charge in [-0.25, -0.2) is 13.1 Å². The molecule has 0 aliphatic carbocycles. The fourth-order valence-electron chi connectivity index (χ4n) is 2.42. The van der Waals surface area contributed by atoms with Gasteiger partial charge in [-0.2, -0.15) is 0 Å². The average molecular weight is 312 g/mol. The lowest BCUT2D eigenvalue weighted by Gasteiger charge is -2.24. The minimum Gasteiger partial charge on any atom is -0.491 e. The predicted molar refractivity (Wildman–Crippen MR) is 83.0 cm³/mol. The Morgan fingerprint density at radius 1 is 1.33 bits per heavy atom. The van der Waals surface area contributed by atoms with Gasteiger partial charge < -0.3 is 10.1 Å². The quantitative estimate of drug-likeness (QED) is 0.842. The molecule has 1 unspecified atom stereocenters. The highest BCUT2D eigenvalue weighted by atomic mass is 32.2. The molecule has 1 aliphatic heterocycles. The number of para-hydroxylation sites is 1. The third-order valence-electron chi connectivity index (χ3n) is 3.38. The van der Waals surface area contributed by atoms with Crippen LogP contribution >= 0.6 is 0 Å². The van der Waals surface area contributed by atoms with Crippen LogP contribution in [0.5, 0.6) is 5.75 Å². The number of sulfonamides is 1. The van der Waals surface area contributed by atoms with E-state index in [-0.39, 0.29) is 10.9 Å². The number of ether oxygens (including phenoxy) is 1. The Morgan fingerprint density at radius 2 is 2.10 bits per heavy atom. The molecule has 1 saturated heterocycles. The van der Waals surface area contributed by atoms with E-state index < -0.39 is 10.0 Å². The van der Waals surface area contributed by atoms with E-state index in [1.807, 2.05) is 0 Å². The average Bonchev–Trinajstić information content (AvgIpc) is 2.45. The fourth-order valence-corrected chi connectivity index (χ4v) is 3.82. The van der Waals surface area contributed by atoms with Crippen molar-refractivity contribution < 1.29 is 13.2 Å². The molecule has 1 atom stereocenters. The van der Waals surface area contributed by atoms with Gasteiger partial charge in [-0.15, -0.1) is 0 Å². The van der Waals surface area contributed by atoms with Crippen LogP contribution in [-0.2, 0) is 10.0 Å². The molecular formula is C15H24N2O3S. The lowest BCUT2D eigenvalue weighted by atomic mass is 10.1. The molecule has 1 aromatic carbocycles. The number of nitrogens with one attached hydrogen (secondary N) is 2. The van der Waals surface area contributed by atoms with Crippen LogP contribution in [0.2, 0.25) is 0 Å². The van der Waals surface area contributed by atoms with Crippen molar-refractivity contribution in [3.05, 3.63) is 24.3 Å². The molecule has 0 radical (unpaired) electrons. The molecule has 0 aromatic heterocycles. The minimum atomic E-state index is -3.54. The largest absolute Gasteiger partial charge is 0.491 e. The molecule has 0 amide bonds. The van der Waals surface area contributed by atoms with Gasteiger partial charge in [-0.05, 0) is 45.4 Å². The Morgan fingerprint density at radius 3 is 2.76 bits per heavy atom. The van der Waals surface area contributed by atoms with Gasteiger partial charge in [0, 0.05) is 12.1 Å². The Hall–Kier alpha value is -1.11. The van der Waals surface area contributed by atoms with Gasteiger partial charge in [-0.1, -0.05) is 18.6 Å². The minimum absolute atomic E-state index is 0.150. The summed E-state index contributed by atoms with van der Waals surface area (Å²) in [5, 5.41) is 3.39. The van der Waals surface area contributed by atoms with Crippen molar-refractivity contribution in [3.63, 3.8) is 0 Å². The van der Waals surface area contributed by atoms with E-state index in [4.69, 9.17) is 4.74 Å². The maximum Gasteiger partial charge on any atom is 0.244 e. The zero-order chi connectivity index (χ0) is 15.3. The van der Waals surface area contributed by atoms with Gasteiger partial charge in [0.2, 0.25) is 10.0 Å². The lowest BCUT2D eigenvalue weighted by Crippen LogP contribution is -2.38. The Kier molecular flexibility index (Phi) is 5.61. The van der Waals surface area contributed by atoms with Gasteiger partial charge >= 0.3 is 0 Å². The molecule has 0 bridgehead atoms. The monoisotopic (exact) mass is 312 g/mol. The number of hydrogen-bond acceptors (Lipinski definition) is 4. The zero-order valence-electron chi connectivity index (χ0n) is 12.6. The van der Waals surface area contributed by atoms with Crippen molar-refractivity contribution >= 4 is 10.0 Å². The van der Waals surface area contributed by atoms with E-state index in [0.717, 1.165) is 13.0 Å². The normalized spacial score (nSPS) is 19.7. The van der Waals surface area contributed by atoms with Gasteiger partial charge in [0.05, 0.1) is 0 Å². The van der Waals surface area contributed by atoms with Crippen molar-refractivity contribution in [3.8, 4) is 5.75 Å². The predicted octanol–water partition coefficient (Wildman–Crippen LogP) is 1.89. The Bertz CT molecular complexity index is 552. The summed E-state index contributed by atoms with van der Waals surface area (Å²) in [6.07, 6.45) is 3.45. The maximum atomic E-state index is 12.3. The fraction of sp³-hybridized carbons (Fsp3) is 0.600. The third kappa shape index (κ3) is 4.69. The van der Waals surface area contributed by atoms with Crippen LogP contribution in [0.4, 0.5) is 0 Å². The summed E-state index contributed by atoms with van der Waals surface area (Å²) in [7, 11) is -3.54. The molecule has 5 nitrogen and oxygen atoms in total. The van der Waals surface area contributed by atoms with Crippen LogP contribution in [0.25, 0.3) is 0 Å². The molecule has 1 aromatic rings. The van der Waals surface area contributed by atoms with Crippen molar-refractivity contribution in [1.29, 1.82) is 0 Å². The third-order valence-corrected chi connectivity index (χ3v) is 5.08. The molecule has 2 rings (SSSR count).